The fraction of sp³-hybridized carbons (Fsp3) is 0.179. The maximum Gasteiger partial charge on any atom is 0.0991 e. The van der Waals surface area contributed by atoms with Crippen LogP contribution in [0.5, 0.6) is 0 Å². The predicted octanol–water partition coefficient (Wildman–Crippen LogP) is 20.2. The largest absolute Gasteiger partial charge is 0.310 e. The molecule has 0 radical (unpaired) electrons. The minimum absolute atomic E-state index is 0.0383. The van der Waals surface area contributed by atoms with Gasteiger partial charge >= 0.3 is 0 Å². The van der Waals surface area contributed by atoms with E-state index < -0.39 is 5.41 Å². The van der Waals surface area contributed by atoms with Gasteiger partial charge in [-0.2, -0.15) is 10.5 Å². The van der Waals surface area contributed by atoms with Gasteiger partial charge in [0.1, 0.15) is 0 Å². The minimum atomic E-state index is -0.527. The van der Waals surface area contributed by atoms with E-state index >= 15 is 0 Å². The first-order chi connectivity index (χ1) is 39.8. The zero-order chi connectivity index (χ0) is 55.0. The lowest BCUT2D eigenvalue weighted by Gasteiger charge is -2.36. The molecule has 392 valence electrons. The van der Waals surface area contributed by atoms with Crippen molar-refractivity contribution < 1.29 is 0 Å². The molecule has 0 aliphatic heterocycles. The Morgan fingerprint density at radius 3 is 1.94 bits per heavy atom. The number of nitrogens with zero attached hydrogens (tertiary/aromatic N) is 3. The van der Waals surface area contributed by atoms with Crippen LogP contribution in [0.4, 0.5) is 17.1 Å². The molecule has 3 heteroatoms. The number of rotatable bonds is 13. The molecule has 4 atom stereocenters. The van der Waals surface area contributed by atoms with Crippen molar-refractivity contribution in [2.45, 2.75) is 76.5 Å². The number of anilines is 3. The summed E-state index contributed by atoms with van der Waals surface area (Å²) in [6.07, 6.45) is 19.8. The lowest BCUT2D eigenvalue weighted by molar-refractivity contribution is 0.455. The average Bonchev–Trinajstić information content (AvgIpc) is 3.19. The molecule has 3 nitrogen and oxygen atoms in total. The van der Waals surface area contributed by atoms with Crippen LogP contribution in [-0.2, 0) is 5.41 Å². The van der Waals surface area contributed by atoms with Crippen molar-refractivity contribution in [2.75, 3.05) is 4.90 Å². The monoisotopic (exact) mass is 1040 g/mol. The summed E-state index contributed by atoms with van der Waals surface area (Å²) in [5.74, 6) is 0.935. The summed E-state index contributed by atoms with van der Waals surface area (Å²) in [6.45, 7) is 7.08. The number of benzene rings is 9. The molecular formula is C78H65N3. The zero-order valence-electron chi connectivity index (χ0n) is 46.5. The fourth-order valence-electron chi connectivity index (χ4n) is 14.2. The molecule has 0 amide bonds. The highest BCUT2D eigenvalue weighted by molar-refractivity contribution is 5.99. The van der Waals surface area contributed by atoms with E-state index in [0.29, 0.717) is 17.4 Å². The van der Waals surface area contributed by atoms with Gasteiger partial charge in [0.15, 0.2) is 0 Å². The summed E-state index contributed by atoms with van der Waals surface area (Å²) >= 11 is 0. The van der Waals surface area contributed by atoms with Crippen molar-refractivity contribution in [1.29, 1.82) is 10.5 Å². The van der Waals surface area contributed by atoms with Gasteiger partial charge in [-0.25, -0.2) is 0 Å². The Kier molecular flexibility index (Phi) is 13.7. The Morgan fingerprint density at radius 2 is 1.25 bits per heavy atom. The van der Waals surface area contributed by atoms with Crippen LogP contribution in [0.25, 0.3) is 32.7 Å². The second kappa shape index (κ2) is 21.7. The molecule has 0 N–H and O–H groups in total. The second-order valence-electron chi connectivity index (χ2n) is 23.0. The molecule has 0 aromatic heterocycles. The van der Waals surface area contributed by atoms with Gasteiger partial charge in [-0.3, -0.25) is 0 Å². The zero-order valence-corrected chi connectivity index (χ0v) is 46.5. The first-order valence-corrected chi connectivity index (χ1v) is 29.0. The summed E-state index contributed by atoms with van der Waals surface area (Å²) in [4.78, 5) is 2.34. The first-order valence-electron chi connectivity index (χ1n) is 29.0. The highest BCUT2D eigenvalue weighted by Gasteiger charge is 2.48. The molecule has 0 spiro atoms. The lowest BCUT2D eigenvalue weighted by atomic mass is 9.65. The topological polar surface area (TPSA) is 50.8 Å². The standard InChI is InChI=1S/C78H65N3/c1-52-44-58(45-53(2)74(47-55-28-30-56(50-79)31-29-55)71-26-14-18-59-16-10-12-24-69(59)71)34-40-67(52)61-35-41-72-73-42-36-62(49-76(73)78(75(72)48-61,63-20-6-4-7-21-63)64-22-8-5-9-23-64)68-43-39-66(46-54(68)3)81(65-37-32-57(51-80)33-38-65)77-27-15-19-60-17-11-13-25-70(60)77/h4-30,32-35,37-39,41,43-44,46,48-49,53,56,67,74H,31,36,40,42,45,47H2,1-3H3. The third kappa shape index (κ3) is 9.38. The molecule has 0 saturated heterocycles. The third-order valence-electron chi connectivity index (χ3n) is 18.2. The quantitative estimate of drug-likeness (QED) is 0.116. The molecule has 13 rings (SSSR count). The highest BCUT2D eigenvalue weighted by Crippen LogP contribution is 2.59. The average molecular weight is 1040 g/mol. The van der Waals surface area contributed by atoms with E-state index in [2.05, 4.69) is 268 Å². The molecule has 81 heavy (non-hydrogen) atoms. The molecule has 9 aromatic carbocycles. The number of allylic oxidation sites excluding steroid dienone is 12. The van der Waals surface area contributed by atoms with Crippen molar-refractivity contribution >= 4 is 49.8 Å². The van der Waals surface area contributed by atoms with E-state index in [0.717, 1.165) is 55.6 Å². The number of nitriles is 2. The van der Waals surface area contributed by atoms with E-state index in [-0.39, 0.29) is 11.8 Å². The lowest BCUT2D eigenvalue weighted by Crippen LogP contribution is -2.30. The summed E-state index contributed by atoms with van der Waals surface area (Å²) in [5, 5.41) is 24.3. The molecule has 4 aliphatic rings. The van der Waals surface area contributed by atoms with Crippen LogP contribution in [0.1, 0.15) is 114 Å². The molecule has 9 aromatic rings. The van der Waals surface area contributed by atoms with Crippen LogP contribution in [0.2, 0.25) is 0 Å². The molecule has 0 heterocycles. The molecule has 0 fully saturated rings. The molecule has 4 unspecified atom stereocenters. The summed E-state index contributed by atoms with van der Waals surface area (Å²) in [6, 6.07) is 80.5. The Labute approximate surface area is 478 Å². The second-order valence-corrected chi connectivity index (χ2v) is 23.0. The Hall–Kier alpha value is -9.28. The normalized spacial score (nSPS) is 17.9. The summed E-state index contributed by atoms with van der Waals surface area (Å²) < 4.78 is 0. The van der Waals surface area contributed by atoms with Crippen LogP contribution in [0.15, 0.2) is 265 Å². The van der Waals surface area contributed by atoms with Crippen molar-refractivity contribution in [3.8, 4) is 12.1 Å². The van der Waals surface area contributed by atoms with Gasteiger partial charge < -0.3 is 4.90 Å². The van der Waals surface area contributed by atoms with Crippen molar-refractivity contribution in [3.63, 3.8) is 0 Å². The number of aryl methyl sites for hydroxylation is 1. The Bertz CT molecular complexity index is 4140. The van der Waals surface area contributed by atoms with Gasteiger partial charge in [0.25, 0.3) is 0 Å². The number of hydrogen-bond acceptors (Lipinski definition) is 3. The van der Waals surface area contributed by atoms with E-state index in [1.807, 2.05) is 12.1 Å². The van der Waals surface area contributed by atoms with Crippen LogP contribution in [-0.4, -0.2) is 0 Å². The van der Waals surface area contributed by atoms with E-state index in [1.54, 1.807) is 0 Å². The molecular weight excluding hydrogens is 979 g/mol. The van der Waals surface area contributed by atoms with Crippen LogP contribution in [0, 0.1) is 41.4 Å². The maximum absolute atomic E-state index is 9.73. The Balaban J connectivity index is 0.846. The first kappa shape index (κ1) is 51.2. The van der Waals surface area contributed by atoms with E-state index in [1.165, 1.54) is 99.5 Å². The molecule has 0 saturated carbocycles. The van der Waals surface area contributed by atoms with Gasteiger partial charge in [0.05, 0.1) is 34.7 Å². The molecule has 4 aliphatic carbocycles. The highest BCUT2D eigenvalue weighted by atomic mass is 15.1. The third-order valence-corrected chi connectivity index (χ3v) is 18.2. The fourth-order valence-corrected chi connectivity index (χ4v) is 14.2. The minimum Gasteiger partial charge on any atom is -0.310 e. The van der Waals surface area contributed by atoms with E-state index in [9.17, 15) is 10.5 Å². The Morgan fingerprint density at radius 1 is 0.593 bits per heavy atom. The predicted molar refractivity (Wildman–Crippen MR) is 337 cm³/mol. The van der Waals surface area contributed by atoms with Crippen LogP contribution >= 0.6 is 0 Å². The molecule has 0 bridgehead atoms. The SMILES string of the molecule is CC1=CC(CC(C)C(CC2=CCC(C#N)C=C2)c2cccc3ccccc23)=CCC1c1ccc2c(c1)C(c1ccccc1)(c1ccccc1)C1=C2CCC(c2ccc(N(c3ccc(C#N)cc3)c3cccc4ccccc34)cc2C)=C1. The summed E-state index contributed by atoms with van der Waals surface area (Å²) in [5.41, 5.74) is 22.3. The summed E-state index contributed by atoms with van der Waals surface area (Å²) in [7, 11) is 0. The maximum atomic E-state index is 9.73. The van der Waals surface area contributed by atoms with Gasteiger partial charge in [0, 0.05) is 22.7 Å². The van der Waals surface area contributed by atoms with Crippen molar-refractivity contribution in [1.82, 2.24) is 0 Å². The van der Waals surface area contributed by atoms with Crippen LogP contribution < -0.4 is 4.90 Å². The van der Waals surface area contributed by atoms with Gasteiger partial charge in [0.2, 0.25) is 0 Å². The number of fused-ring (bicyclic) bond motifs is 4. The smallest absolute Gasteiger partial charge is 0.0991 e. The van der Waals surface area contributed by atoms with Gasteiger partial charge in [-0.15, -0.1) is 0 Å². The van der Waals surface area contributed by atoms with Crippen molar-refractivity contribution in [2.24, 2.45) is 11.8 Å². The van der Waals surface area contributed by atoms with Crippen LogP contribution in [0.3, 0.4) is 0 Å². The van der Waals surface area contributed by atoms with Gasteiger partial charge in [-0.05, 0) is 184 Å². The van der Waals surface area contributed by atoms with Gasteiger partial charge in [-0.1, -0.05) is 224 Å². The van der Waals surface area contributed by atoms with Crippen molar-refractivity contribution in [3.05, 3.63) is 315 Å². The number of hydrogen-bond donors (Lipinski definition) is 0. The van der Waals surface area contributed by atoms with E-state index in [4.69, 9.17) is 0 Å².